The maximum atomic E-state index is 5.29. The van der Waals surface area contributed by atoms with Gasteiger partial charge in [-0.3, -0.25) is 0 Å². The van der Waals surface area contributed by atoms with Crippen molar-refractivity contribution >= 4 is 0 Å². The fourth-order valence-corrected chi connectivity index (χ4v) is 2.21. The summed E-state index contributed by atoms with van der Waals surface area (Å²) in [6, 6.07) is 8.73. The van der Waals surface area contributed by atoms with Gasteiger partial charge in [0.25, 0.3) is 0 Å². The number of methoxy groups -OCH3 is 1. The zero-order valence-electron chi connectivity index (χ0n) is 11.9. The second-order valence-electron chi connectivity index (χ2n) is 5.20. The first-order chi connectivity index (χ1) is 9.76. The van der Waals surface area contributed by atoms with E-state index in [1.165, 1.54) is 12.8 Å². The standard InChI is InChI=1S/C16H19N3O/c1-11-9-12(3-6-15(11)20-2)14-7-8-17-16(19-14)10-18-13-4-5-13/h3,6-9,13,18H,4-5,10H2,1-2H3. The normalized spacial score (nSPS) is 14.3. The lowest BCUT2D eigenvalue weighted by molar-refractivity contribution is 0.412. The summed E-state index contributed by atoms with van der Waals surface area (Å²) in [5, 5.41) is 3.44. The van der Waals surface area contributed by atoms with Crippen LogP contribution >= 0.6 is 0 Å². The topological polar surface area (TPSA) is 47.0 Å². The van der Waals surface area contributed by atoms with Crippen molar-refractivity contribution in [3.63, 3.8) is 0 Å². The second-order valence-corrected chi connectivity index (χ2v) is 5.20. The molecule has 1 aromatic carbocycles. The highest BCUT2D eigenvalue weighted by molar-refractivity contribution is 5.61. The molecule has 0 bridgehead atoms. The number of aromatic nitrogens is 2. The molecule has 0 atom stereocenters. The minimum Gasteiger partial charge on any atom is -0.496 e. The Hall–Kier alpha value is -1.94. The average Bonchev–Trinajstić information content (AvgIpc) is 3.29. The Labute approximate surface area is 119 Å². The van der Waals surface area contributed by atoms with Gasteiger partial charge in [-0.2, -0.15) is 0 Å². The molecule has 1 fully saturated rings. The third-order valence-corrected chi connectivity index (χ3v) is 3.52. The number of aryl methyl sites for hydroxylation is 1. The van der Waals surface area contributed by atoms with E-state index in [2.05, 4.69) is 21.4 Å². The Morgan fingerprint density at radius 2 is 2.15 bits per heavy atom. The zero-order chi connectivity index (χ0) is 13.9. The Morgan fingerprint density at radius 3 is 2.85 bits per heavy atom. The molecule has 2 aromatic rings. The van der Waals surface area contributed by atoms with Crippen LogP contribution in [0.4, 0.5) is 0 Å². The molecule has 4 heteroatoms. The van der Waals surface area contributed by atoms with Gasteiger partial charge in [0, 0.05) is 17.8 Å². The molecular formula is C16H19N3O. The van der Waals surface area contributed by atoms with E-state index in [0.29, 0.717) is 6.04 Å². The lowest BCUT2D eigenvalue weighted by Gasteiger charge is -2.08. The largest absolute Gasteiger partial charge is 0.496 e. The fraction of sp³-hybridized carbons (Fsp3) is 0.375. The lowest BCUT2D eigenvalue weighted by Crippen LogP contribution is -2.17. The first-order valence-electron chi connectivity index (χ1n) is 6.96. The van der Waals surface area contributed by atoms with Crippen molar-refractivity contribution in [2.45, 2.75) is 32.4 Å². The summed E-state index contributed by atoms with van der Waals surface area (Å²) in [6.07, 6.45) is 4.38. The predicted molar refractivity (Wildman–Crippen MR) is 78.6 cm³/mol. The first-order valence-corrected chi connectivity index (χ1v) is 6.96. The Morgan fingerprint density at radius 1 is 1.30 bits per heavy atom. The molecule has 0 radical (unpaired) electrons. The summed E-state index contributed by atoms with van der Waals surface area (Å²) in [4.78, 5) is 8.95. The molecular weight excluding hydrogens is 250 g/mol. The van der Waals surface area contributed by atoms with Gasteiger partial charge in [0.2, 0.25) is 0 Å². The predicted octanol–water partition coefficient (Wildman–Crippen LogP) is 2.71. The van der Waals surface area contributed by atoms with Crippen LogP contribution in [0.25, 0.3) is 11.3 Å². The second kappa shape index (κ2) is 5.59. The van der Waals surface area contributed by atoms with Gasteiger partial charge in [0.05, 0.1) is 19.3 Å². The molecule has 1 aliphatic rings. The molecule has 1 heterocycles. The van der Waals surface area contributed by atoms with Crippen LogP contribution in [0.15, 0.2) is 30.5 Å². The summed E-state index contributed by atoms with van der Waals surface area (Å²) in [6.45, 7) is 2.78. The van der Waals surface area contributed by atoms with Gasteiger partial charge in [0.1, 0.15) is 11.6 Å². The van der Waals surface area contributed by atoms with Crippen molar-refractivity contribution in [2.24, 2.45) is 0 Å². The number of benzene rings is 1. The van der Waals surface area contributed by atoms with Crippen molar-refractivity contribution in [2.75, 3.05) is 7.11 Å². The van der Waals surface area contributed by atoms with Crippen molar-refractivity contribution in [1.29, 1.82) is 0 Å². The van der Waals surface area contributed by atoms with Crippen LogP contribution in [-0.2, 0) is 6.54 Å². The van der Waals surface area contributed by atoms with Gasteiger partial charge < -0.3 is 10.1 Å². The molecule has 3 rings (SSSR count). The Balaban J connectivity index is 1.81. The van der Waals surface area contributed by atoms with E-state index in [1.807, 2.05) is 31.3 Å². The van der Waals surface area contributed by atoms with E-state index in [0.717, 1.165) is 34.9 Å². The molecule has 0 spiro atoms. The highest BCUT2D eigenvalue weighted by Gasteiger charge is 2.20. The molecule has 20 heavy (non-hydrogen) atoms. The first kappa shape index (κ1) is 13.1. The molecule has 1 N–H and O–H groups in total. The molecule has 0 saturated heterocycles. The lowest BCUT2D eigenvalue weighted by atomic mass is 10.1. The van der Waals surface area contributed by atoms with E-state index in [1.54, 1.807) is 7.11 Å². The number of ether oxygens (including phenoxy) is 1. The van der Waals surface area contributed by atoms with E-state index >= 15 is 0 Å². The average molecular weight is 269 g/mol. The van der Waals surface area contributed by atoms with Gasteiger partial charge in [-0.05, 0) is 49.6 Å². The van der Waals surface area contributed by atoms with Gasteiger partial charge in [-0.25, -0.2) is 9.97 Å². The van der Waals surface area contributed by atoms with Crippen LogP contribution < -0.4 is 10.1 Å². The van der Waals surface area contributed by atoms with E-state index in [4.69, 9.17) is 4.74 Å². The molecule has 1 aliphatic carbocycles. The van der Waals surface area contributed by atoms with Crippen LogP contribution in [0.2, 0.25) is 0 Å². The maximum absolute atomic E-state index is 5.29. The molecule has 0 unspecified atom stereocenters. The number of nitrogens with zero attached hydrogens (tertiary/aromatic N) is 2. The van der Waals surface area contributed by atoms with E-state index in [-0.39, 0.29) is 0 Å². The molecule has 1 saturated carbocycles. The van der Waals surface area contributed by atoms with Crippen molar-refractivity contribution in [3.8, 4) is 17.0 Å². The van der Waals surface area contributed by atoms with E-state index in [9.17, 15) is 0 Å². The van der Waals surface area contributed by atoms with Gasteiger partial charge in [-0.1, -0.05) is 0 Å². The monoisotopic (exact) mass is 269 g/mol. The Bertz CT molecular complexity index is 608. The quantitative estimate of drug-likeness (QED) is 0.906. The van der Waals surface area contributed by atoms with Crippen LogP contribution in [0.5, 0.6) is 5.75 Å². The van der Waals surface area contributed by atoms with Crippen molar-refractivity contribution in [3.05, 3.63) is 41.9 Å². The third kappa shape index (κ3) is 2.96. The number of rotatable bonds is 5. The minimum atomic E-state index is 0.672. The highest BCUT2D eigenvalue weighted by atomic mass is 16.5. The number of hydrogen-bond acceptors (Lipinski definition) is 4. The van der Waals surface area contributed by atoms with Gasteiger partial charge in [0.15, 0.2) is 0 Å². The van der Waals surface area contributed by atoms with Crippen LogP contribution in [-0.4, -0.2) is 23.1 Å². The fourth-order valence-electron chi connectivity index (χ4n) is 2.21. The SMILES string of the molecule is COc1ccc(-c2ccnc(CNC3CC3)n2)cc1C. The summed E-state index contributed by atoms with van der Waals surface area (Å²) in [5.41, 5.74) is 3.16. The maximum Gasteiger partial charge on any atom is 0.142 e. The van der Waals surface area contributed by atoms with Crippen LogP contribution in [0.3, 0.4) is 0 Å². The van der Waals surface area contributed by atoms with Crippen LogP contribution in [0.1, 0.15) is 24.2 Å². The van der Waals surface area contributed by atoms with E-state index < -0.39 is 0 Å². The van der Waals surface area contributed by atoms with Crippen molar-refractivity contribution < 1.29 is 4.74 Å². The summed E-state index contributed by atoms with van der Waals surface area (Å²) >= 11 is 0. The number of nitrogens with one attached hydrogen (secondary N) is 1. The van der Waals surface area contributed by atoms with Gasteiger partial charge in [-0.15, -0.1) is 0 Å². The molecule has 104 valence electrons. The molecule has 0 amide bonds. The number of hydrogen-bond donors (Lipinski definition) is 1. The van der Waals surface area contributed by atoms with Crippen molar-refractivity contribution in [1.82, 2.24) is 15.3 Å². The Kier molecular flexibility index (Phi) is 3.65. The summed E-state index contributed by atoms with van der Waals surface area (Å²) in [7, 11) is 1.69. The summed E-state index contributed by atoms with van der Waals surface area (Å²) < 4.78 is 5.29. The zero-order valence-corrected chi connectivity index (χ0v) is 11.9. The summed E-state index contributed by atoms with van der Waals surface area (Å²) in [5.74, 6) is 1.75. The minimum absolute atomic E-state index is 0.672. The van der Waals surface area contributed by atoms with Gasteiger partial charge >= 0.3 is 0 Å². The third-order valence-electron chi connectivity index (χ3n) is 3.52. The highest BCUT2D eigenvalue weighted by Crippen LogP contribution is 2.25. The van der Waals surface area contributed by atoms with Crippen LogP contribution in [0, 0.1) is 6.92 Å². The smallest absolute Gasteiger partial charge is 0.142 e. The molecule has 1 aromatic heterocycles. The molecule has 0 aliphatic heterocycles. The molecule has 4 nitrogen and oxygen atoms in total.